The van der Waals surface area contributed by atoms with Gasteiger partial charge in [-0.25, -0.2) is 4.68 Å². The summed E-state index contributed by atoms with van der Waals surface area (Å²) in [6.07, 6.45) is 1.55. The molecule has 0 fully saturated rings. The van der Waals surface area contributed by atoms with Crippen LogP contribution in [-0.2, 0) is 4.79 Å². The maximum absolute atomic E-state index is 12.4. The van der Waals surface area contributed by atoms with Crippen LogP contribution in [0.4, 0.5) is 0 Å². The van der Waals surface area contributed by atoms with Crippen LogP contribution in [0.1, 0.15) is 10.5 Å². The zero-order valence-electron chi connectivity index (χ0n) is 14.3. The second-order valence-corrected chi connectivity index (χ2v) is 6.19. The molecular weight excluding hydrogens is 356 g/mol. The van der Waals surface area contributed by atoms with Gasteiger partial charge in [-0.2, -0.15) is 5.10 Å². The molecule has 8 heteroatoms. The van der Waals surface area contributed by atoms with Crippen LogP contribution >= 0.6 is 11.6 Å². The summed E-state index contributed by atoms with van der Waals surface area (Å²) in [6, 6.07) is 12.2. The molecule has 1 aromatic carbocycles. The molecule has 0 aliphatic carbocycles. The van der Waals surface area contributed by atoms with E-state index < -0.39 is 5.91 Å². The first-order chi connectivity index (χ1) is 12.5. The molecule has 26 heavy (non-hydrogen) atoms. The minimum Gasteiger partial charge on any atom is -0.463 e. The van der Waals surface area contributed by atoms with Gasteiger partial charge in [-0.3, -0.25) is 9.59 Å². The average Bonchev–Trinajstić information content (AvgIpc) is 3.29. The number of nitrogens with one attached hydrogen (secondary N) is 1. The molecule has 0 unspecified atom stereocenters. The highest BCUT2D eigenvalue weighted by Crippen LogP contribution is 2.25. The number of rotatable bonds is 5. The Morgan fingerprint density at radius 2 is 1.96 bits per heavy atom. The third kappa shape index (κ3) is 3.78. The summed E-state index contributed by atoms with van der Waals surface area (Å²) >= 11 is 5.94. The molecule has 0 radical (unpaired) electrons. The Balaban J connectivity index is 1.93. The zero-order valence-corrected chi connectivity index (χ0v) is 15.0. The quantitative estimate of drug-likeness (QED) is 0.746. The smallest absolute Gasteiger partial charge is 0.272 e. The summed E-state index contributed by atoms with van der Waals surface area (Å²) in [5.41, 5.74) is 1.52. The highest BCUT2D eigenvalue weighted by Gasteiger charge is 2.19. The average molecular weight is 373 g/mol. The molecule has 134 valence electrons. The number of halogens is 1. The minimum absolute atomic E-state index is 0.101. The standard InChI is InChI=1S/C18H17ClN4O3/c1-22(2)17(24)11-20-18(25)14-10-15(16-4-3-9-26-16)23(21-14)13-7-5-12(19)6-8-13/h3-10H,11H2,1-2H3,(H,20,25). The zero-order chi connectivity index (χ0) is 18.7. The van der Waals surface area contributed by atoms with E-state index in [0.29, 0.717) is 16.5 Å². The van der Waals surface area contributed by atoms with Crippen molar-refractivity contribution in [3.63, 3.8) is 0 Å². The third-order valence-electron chi connectivity index (χ3n) is 3.69. The minimum atomic E-state index is -0.444. The van der Waals surface area contributed by atoms with Gasteiger partial charge < -0.3 is 14.6 Å². The molecule has 7 nitrogen and oxygen atoms in total. The molecule has 0 bridgehead atoms. The van der Waals surface area contributed by atoms with Gasteiger partial charge in [0.1, 0.15) is 5.69 Å². The molecule has 0 saturated carbocycles. The molecule has 3 rings (SSSR count). The van der Waals surface area contributed by atoms with Gasteiger partial charge in [-0.05, 0) is 36.4 Å². The summed E-state index contributed by atoms with van der Waals surface area (Å²) in [4.78, 5) is 25.4. The van der Waals surface area contributed by atoms with E-state index in [1.807, 2.05) is 0 Å². The molecule has 2 aromatic heterocycles. The summed E-state index contributed by atoms with van der Waals surface area (Å²) in [5.74, 6) is -0.0849. The number of nitrogens with zero attached hydrogens (tertiary/aromatic N) is 3. The Bertz CT molecular complexity index is 915. The second-order valence-electron chi connectivity index (χ2n) is 5.75. The van der Waals surface area contributed by atoms with Gasteiger partial charge in [-0.15, -0.1) is 0 Å². The molecule has 1 N–H and O–H groups in total. The van der Waals surface area contributed by atoms with Crippen LogP contribution in [-0.4, -0.2) is 47.1 Å². The number of likely N-dealkylation sites (N-methyl/N-ethyl adjacent to an activating group) is 1. The van der Waals surface area contributed by atoms with E-state index in [2.05, 4.69) is 10.4 Å². The van der Waals surface area contributed by atoms with Crippen molar-refractivity contribution in [2.24, 2.45) is 0 Å². The summed E-state index contributed by atoms with van der Waals surface area (Å²) in [7, 11) is 3.25. The topological polar surface area (TPSA) is 80.4 Å². The van der Waals surface area contributed by atoms with Crippen LogP contribution in [0.2, 0.25) is 5.02 Å². The van der Waals surface area contributed by atoms with E-state index in [9.17, 15) is 9.59 Å². The largest absolute Gasteiger partial charge is 0.463 e. The maximum atomic E-state index is 12.4. The monoisotopic (exact) mass is 372 g/mol. The molecule has 0 saturated heterocycles. The lowest BCUT2D eigenvalue weighted by Crippen LogP contribution is -2.36. The van der Waals surface area contributed by atoms with Gasteiger partial charge >= 0.3 is 0 Å². The predicted molar refractivity (Wildman–Crippen MR) is 97.3 cm³/mol. The Kier molecular flexibility index (Phi) is 5.09. The van der Waals surface area contributed by atoms with Crippen LogP contribution in [0.15, 0.2) is 53.1 Å². The Hall–Kier alpha value is -3.06. The number of furan rings is 1. The molecule has 2 heterocycles. The normalized spacial score (nSPS) is 10.6. The van der Waals surface area contributed by atoms with Gasteiger partial charge in [0.15, 0.2) is 11.5 Å². The fraction of sp³-hybridized carbons (Fsp3) is 0.167. The highest BCUT2D eigenvalue weighted by molar-refractivity contribution is 6.30. The van der Waals surface area contributed by atoms with Crippen molar-refractivity contribution in [3.8, 4) is 17.1 Å². The number of amides is 2. The molecule has 2 amide bonds. The van der Waals surface area contributed by atoms with Crippen molar-refractivity contribution in [3.05, 3.63) is 59.4 Å². The van der Waals surface area contributed by atoms with Crippen molar-refractivity contribution in [2.75, 3.05) is 20.6 Å². The molecule has 0 aliphatic heterocycles. The van der Waals surface area contributed by atoms with Crippen LogP contribution in [0.3, 0.4) is 0 Å². The first kappa shape index (κ1) is 17.8. The third-order valence-corrected chi connectivity index (χ3v) is 3.94. The first-order valence-electron chi connectivity index (χ1n) is 7.84. The van der Waals surface area contributed by atoms with Crippen LogP contribution in [0.5, 0.6) is 0 Å². The Morgan fingerprint density at radius 3 is 2.58 bits per heavy atom. The fourth-order valence-corrected chi connectivity index (χ4v) is 2.40. The number of carbonyl (C=O) groups excluding carboxylic acids is 2. The molecule has 0 atom stereocenters. The van der Waals surface area contributed by atoms with Crippen LogP contribution < -0.4 is 5.32 Å². The fourth-order valence-electron chi connectivity index (χ4n) is 2.28. The maximum Gasteiger partial charge on any atom is 0.272 e. The summed E-state index contributed by atoms with van der Waals surface area (Å²) in [6.45, 7) is -0.101. The van der Waals surface area contributed by atoms with Gasteiger partial charge in [0, 0.05) is 25.2 Å². The molecule has 3 aromatic rings. The van der Waals surface area contributed by atoms with E-state index in [1.54, 1.807) is 67.5 Å². The number of carbonyl (C=O) groups is 2. The van der Waals surface area contributed by atoms with Gasteiger partial charge in [-0.1, -0.05) is 11.6 Å². The van der Waals surface area contributed by atoms with Crippen molar-refractivity contribution in [2.45, 2.75) is 0 Å². The summed E-state index contributed by atoms with van der Waals surface area (Å²) in [5, 5.41) is 7.53. The number of hydrogen-bond acceptors (Lipinski definition) is 4. The van der Waals surface area contributed by atoms with E-state index >= 15 is 0 Å². The lowest BCUT2D eigenvalue weighted by molar-refractivity contribution is -0.127. The van der Waals surface area contributed by atoms with Crippen LogP contribution in [0.25, 0.3) is 17.1 Å². The van der Waals surface area contributed by atoms with Gasteiger partial charge in [0.25, 0.3) is 5.91 Å². The van der Waals surface area contributed by atoms with E-state index in [0.717, 1.165) is 5.69 Å². The summed E-state index contributed by atoms with van der Waals surface area (Å²) < 4.78 is 7.04. The lowest BCUT2D eigenvalue weighted by Gasteiger charge is -2.10. The van der Waals surface area contributed by atoms with Gasteiger partial charge in [0.05, 0.1) is 18.5 Å². The van der Waals surface area contributed by atoms with E-state index in [4.69, 9.17) is 16.0 Å². The van der Waals surface area contributed by atoms with Crippen molar-refractivity contribution in [1.82, 2.24) is 20.0 Å². The Labute approximate surface area is 155 Å². The molecule has 0 aliphatic rings. The SMILES string of the molecule is CN(C)C(=O)CNC(=O)c1cc(-c2ccco2)n(-c2ccc(Cl)cc2)n1. The number of benzene rings is 1. The van der Waals surface area contributed by atoms with Crippen molar-refractivity contribution < 1.29 is 14.0 Å². The van der Waals surface area contributed by atoms with E-state index in [-0.39, 0.29) is 18.1 Å². The molecule has 0 spiro atoms. The second kappa shape index (κ2) is 7.45. The highest BCUT2D eigenvalue weighted by atomic mass is 35.5. The van der Waals surface area contributed by atoms with Gasteiger partial charge in [0.2, 0.25) is 5.91 Å². The number of hydrogen-bond donors (Lipinski definition) is 1. The molecular formula is C18H17ClN4O3. The number of aromatic nitrogens is 2. The first-order valence-corrected chi connectivity index (χ1v) is 8.22. The predicted octanol–water partition coefficient (Wildman–Crippen LogP) is 2.60. The van der Waals surface area contributed by atoms with Crippen molar-refractivity contribution in [1.29, 1.82) is 0 Å². The lowest BCUT2D eigenvalue weighted by atomic mass is 10.2. The Morgan fingerprint density at radius 1 is 1.23 bits per heavy atom. The van der Waals surface area contributed by atoms with Crippen LogP contribution in [0, 0.1) is 0 Å². The van der Waals surface area contributed by atoms with E-state index in [1.165, 1.54) is 4.90 Å². The van der Waals surface area contributed by atoms with Crippen molar-refractivity contribution >= 4 is 23.4 Å².